The summed E-state index contributed by atoms with van der Waals surface area (Å²) in [6, 6.07) is 7.65. The summed E-state index contributed by atoms with van der Waals surface area (Å²) in [5, 5.41) is 17.7. The molecule has 7 rings (SSSR count). The molecule has 2 amide bonds. The monoisotopic (exact) mass is 611 g/mol. The van der Waals surface area contributed by atoms with Crippen LogP contribution in [0.3, 0.4) is 0 Å². The van der Waals surface area contributed by atoms with Gasteiger partial charge in [-0.3, -0.25) is 9.59 Å². The Kier molecular flexibility index (Phi) is 7.24. The zero-order chi connectivity index (χ0) is 30.6. The van der Waals surface area contributed by atoms with Gasteiger partial charge in [-0.05, 0) is 82.2 Å². The lowest BCUT2D eigenvalue weighted by molar-refractivity contribution is -0.119. The SMILES string of the molecule is CC(C)Oc1ccc(CN2C(=O)[C@@H](N)CS(=O)(=O)c3cc(F)c(C(=O)NC45CCC(c6nn[nH]n6)(CC4)CC5)cc32)cc1. The summed E-state index contributed by atoms with van der Waals surface area (Å²) < 4.78 is 47.7. The fraction of sp³-hybridized carbons (Fsp3) is 0.483. The van der Waals surface area contributed by atoms with E-state index in [-0.39, 0.29) is 34.2 Å². The van der Waals surface area contributed by atoms with Crippen molar-refractivity contribution >= 4 is 27.3 Å². The zero-order valence-corrected chi connectivity index (χ0v) is 24.8. The number of carbonyl (C=O) groups is 2. The van der Waals surface area contributed by atoms with Crippen LogP contribution in [0.1, 0.15) is 74.1 Å². The van der Waals surface area contributed by atoms with Gasteiger partial charge in [0.2, 0.25) is 5.91 Å². The molecule has 1 aliphatic heterocycles. The number of aromatic nitrogens is 4. The number of hydrogen-bond acceptors (Lipinski definition) is 9. The second-order valence-electron chi connectivity index (χ2n) is 12.2. The number of fused-ring (bicyclic) bond motifs is 4. The molecule has 0 radical (unpaired) electrons. The summed E-state index contributed by atoms with van der Waals surface area (Å²) in [6.07, 6.45) is 4.19. The van der Waals surface area contributed by atoms with E-state index in [1.165, 1.54) is 4.90 Å². The number of hydrogen-bond donors (Lipinski definition) is 3. The van der Waals surface area contributed by atoms with Gasteiger partial charge in [0, 0.05) is 11.0 Å². The lowest BCUT2D eigenvalue weighted by Gasteiger charge is -2.52. The van der Waals surface area contributed by atoms with Gasteiger partial charge >= 0.3 is 0 Å². The van der Waals surface area contributed by atoms with Gasteiger partial charge in [-0.25, -0.2) is 12.8 Å². The Morgan fingerprint density at radius 3 is 2.44 bits per heavy atom. The number of H-pyrrole nitrogens is 1. The minimum atomic E-state index is -4.14. The highest BCUT2D eigenvalue weighted by molar-refractivity contribution is 7.91. The summed E-state index contributed by atoms with van der Waals surface area (Å²) in [6.45, 7) is 3.77. The van der Waals surface area contributed by atoms with Crippen molar-refractivity contribution in [1.29, 1.82) is 0 Å². The van der Waals surface area contributed by atoms with Gasteiger partial charge in [0.05, 0.1) is 40.6 Å². The summed E-state index contributed by atoms with van der Waals surface area (Å²) >= 11 is 0. The molecule has 3 fully saturated rings. The third kappa shape index (κ3) is 5.37. The Balaban J connectivity index is 1.30. The summed E-state index contributed by atoms with van der Waals surface area (Å²) in [5.74, 6) is -1.65. The van der Waals surface area contributed by atoms with E-state index < -0.39 is 44.8 Å². The second kappa shape index (κ2) is 10.7. The number of amides is 2. The van der Waals surface area contributed by atoms with E-state index in [1.54, 1.807) is 24.3 Å². The number of aromatic amines is 1. The van der Waals surface area contributed by atoms with Crippen molar-refractivity contribution < 1.29 is 27.1 Å². The van der Waals surface area contributed by atoms with Crippen LogP contribution in [-0.4, -0.2) is 64.3 Å². The van der Waals surface area contributed by atoms with Gasteiger partial charge < -0.3 is 20.7 Å². The smallest absolute Gasteiger partial charge is 0.254 e. The number of benzene rings is 2. The van der Waals surface area contributed by atoms with Gasteiger partial charge in [-0.15, -0.1) is 10.2 Å². The van der Waals surface area contributed by atoms with Crippen molar-refractivity contribution in [3.8, 4) is 5.75 Å². The molecule has 4 aliphatic rings. The molecular weight excluding hydrogens is 577 g/mol. The van der Waals surface area contributed by atoms with Crippen LogP contribution in [0.15, 0.2) is 41.3 Å². The van der Waals surface area contributed by atoms with Crippen LogP contribution < -0.4 is 20.7 Å². The molecule has 3 saturated carbocycles. The average Bonchev–Trinajstić information content (AvgIpc) is 3.51. The van der Waals surface area contributed by atoms with Gasteiger partial charge in [0.1, 0.15) is 11.6 Å². The fourth-order valence-corrected chi connectivity index (χ4v) is 8.15. The van der Waals surface area contributed by atoms with E-state index >= 15 is 4.39 Å². The van der Waals surface area contributed by atoms with E-state index in [2.05, 4.69) is 25.9 Å². The number of nitrogens with one attached hydrogen (secondary N) is 2. The maximum absolute atomic E-state index is 15.5. The first kappa shape index (κ1) is 29.2. The van der Waals surface area contributed by atoms with Gasteiger partial charge in [-0.1, -0.05) is 17.3 Å². The average molecular weight is 612 g/mol. The lowest BCUT2D eigenvalue weighted by atomic mass is 9.57. The first-order valence-electron chi connectivity index (χ1n) is 14.4. The van der Waals surface area contributed by atoms with Gasteiger partial charge in [0.15, 0.2) is 15.7 Å². The number of carbonyl (C=O) groups excluding carboxylic acids is 2. The minimum absolute atomic E-state index is 0.0256. The van der Waals surface area contributed by atoms with Crippen molar-refractivity contribution in [2.75, 3.05) is 10.7 Å². The number of tetrazole rings is 1. The predicted octanol–water partition coefficient (Wildman–Crippen LogP) is 2.55. The molecule has 2 aromatic carbocycles. The van der Waals surface area contributed by atoms with Crippen molar-refractivity contribution in [3.63, 3.8) is 0 Å². The van der Waals surface area contributed by atoms with E-state index in [9.17, 15) is 18.0 Å². The molecule has 4 N–H and O–H groups in total. The van der Waals surface area contributed by atoms with E-state index in [0.717, 1.165) is 31.4 Å². The van der Waals surface area contributed by atoms with E-state index in [1.807, 2.05) is 13.8 Å². The highest BCUT2D eigenvalue weighted by Gasteiger charge is 2.52. The Bertz CT molecular complexity index is 1640. The lowest BCUT2D eigenvalue weighted by Crippen LogP contribution is -2.58. The van der Waals surface area contributed by atoms with Crippen LogP contribution in [0.25, 0.3) is 0 Å². The molecule has 1 atom stereocenters. The number of ether oxygens (including phenoxy) is 1. The quantitative estimate of drug-likeness (QED) is 0.363. The van der Waals surface area contributed by atoms with E-state index in [0.29, 0.717) is 36.4 Å². The number of nitrogens with zero attached hydrogens (tertiary/aromatic N) is 4. The molecule has 228 valence electrons. The number of halogens is 1. The van der Waals surface area contributed by atoms with Crippen LogP contribution in [0, 0.1) is 5.82 Å². The molecule has 14 heteroatoms. The minimum Gasteiger partial charge on any atom is -0.491 e. The molecule has 0 saturated heterocycles. The standard InChI is InChI=1S/C29H34FN7O5S/c1-17(2)42-19-5-3-18(4-6-19)15-37-23-13-20(21(30)14-24(23)43(40,41)16-22(31)26(37)39)25(38)32-29-10-7-28(8-11-29,9-12-29)27-33-35-36-34-27/h3-6,13-14,17,22H,7-12,15-16,31H2,1-2H3,(H,32,38)(H,33,34,35,36)/t22-,28?,29?/m0/s1. The number of sulfone groups is 1. The Morgan fingerprint density at radius 1 is 1.16 bits per heavy atom. The molecule has 2 heterocycles. The summed E-state index contributed by atoms with van der Waals surface area (Å²) in [4.78, 5) is 27.9. The molecule has 0 spiro atoms. The highest BCUT2D eigenvalue weighted by atomic mass is 32.2. The van der Waals surface area contributed by atoms with Crippen LogP contribution >= 0.6 is 0 Å². The summed E-state index contributed by atoms with van der Waals surface area (Å²) in [7, 11) is -4.14. The van der Waals surface area contributed by atoms with Crippen LogP contribution in [-0.2, 0) is 26.6 Å². The molecule has 12 nitrogen and oxygen atoms in total. The number of nitrogens with two attached hydrogens (primary N) is 1. The highest BCUT2D eigenvalue weighted by Crippen LogP contribution is 2.52. The van der Waals surface area contributed by atoms with Crippen LogP contribution in [0.2, 0.25) is 0 Å². The van der Waals surface area contributed by atoms with Crippen molar-refractivity contribution in [1.82, 2.24) is 25.9 Å². The Morgan fingerprint density at radius 2 is 1.84 bits per heavy atom. The Hall–Kier alpha value is -3.91. The van der Waals surface area contributed by atoms with Gasteiger partial charge in [0.25, 0.3) is 5.91 Å². The maximum Gasteiger partial charge on any atom is 0.254 e. The topological polar surface area (TPSA) is 173 Å². The first-order chi connectivity index (χ1) is 20.4. The molecule has 1 aromatic heterocycles. The molecule has 43 heavy (non-hydrogen) atoms. The van der Waals surface area contributed by atoms with Crippen molar-refractivity contribution in [2.45, 2.75) is 86.9 Å². The molecular formula is C29H34FN7O5S. The molecule has 3 aromatic rings. The molecule has 3 aliphatic carbocycles. The largest absolute Gasteiger partial charge is 0.491 e. The molecule has 2 bridgehead atoms. The number of rotatable bonds is 7. The third-order valence-electron chi connectivity index (χ3n) is 8.98. The fourth-order valence-electron chi connectivity index (χ4n) is 6.59. The van der Waals surface area contributed by atoms with Crippen LogP contribution in [0.5, 0.6) is 5.75 Å². The van der Waals surface area contributed by atoms with E-state index in [4.69, 9.17) is 10.5 Å². The Labute approximate surface area is 248 Å². The number of anilines is 1. The van der Waals surface area contributed by atoms with Crippen molar-refractivity contribution in [3.05, 3.63) is 59.2 Å². The third-order valence-corrected chi connectivity index (χ3v) is 10.8. The van der Waals surface area contributed by atoms with Crippen molar-refractivity contribution in [2.24, 2.45) is 5.73 Å². The summed E-state index contributed by atoms with van der Waals surface area (Å²) in [5.41, 5.74) is 5.56. The predicted molar refractivity (Wildman–Crippen MR) is 154 cm³/mol. The molecule has 0 unspecified atom stereocenters. The van der Waals surface area contributed by atoms with Gasteiger partial charge in [-0.2, -0.15) is 5.21 Å². The first-order valence-corrected chi connectivity index (χ1v) is 16.0. The normalized spacial score (nSPS) is 26.2. The maximum atomic E-state index is 15.5. The zero-order valence-electron chi connectivity index (χ0n) is 24.0. The second-order valence-corrected chi connectivity index (χ2v) is 14.2. The van der Waals surface area contributed by atoms with Crippen LogP contribution in [0.4, 0.5) is 10.1 Å².